The van der Waals surface area contributed by atoms with E-state index in [1.807, 2.05) is 13.1 Å². The van der Waals surface area contributed by atoms with E-state index in [4.69, 9.17) is 16.3 Å². The fourth-order valence-corrected chi connectivity index (χ4v) is 4.56. The molecule has 0 unspecified atom stereocenters. The third-order valence-corrected chi connectivity index (χ3v) is 6.38. The summed E-state index contributed by atoms with van der Waals surface area (Å²) in [6.45, 7) is 5.31. The Bertz CT molecular complexity index is 866. The number of ether oxygens (including phenoxy) is 1. The molecular formula is C24H30ClN3O2. The summed E-state index contributed by atoms with van der Waals surface area (Å²) in [6.07, 6.45) is 3.38. The number of nitrogens with zero attached hydrogens (tertiary/aromatic N) is 2. The molecule has 1 fully saturated rings. The molecule has 6 heteroatoms. The van der Waals surface area contributed by atoms with Gasteiger partial charge in [-0.05, 0) is 56.0 Å². The van der Waals surface area contributed by atoms with Gasteiger partial charge in [-0.25, -0.2) is 0 Å². The minimum atomic E-state index is -0.106. The zero-order valence-corrected chi connectivity index (χ0v) is 18.3. The minimum Gasteiger partial charge on any atom is -0.489 e. The van der Waals surface area contributed by atoms with Crippen molar-refractivity contribution in [1.82, 2.24) is 10.2 Å². The van der Waals surface area contributed by atoms with Crippen LogP contribution < -0.4 is 15.0 Å². The topological polar surface area (TPSA) is 44.8 Å². The van der Waals surface area contributed by atoms with E-state index < -0.39 is 0 Å². The molecule has 2 aromatic rings. The Hall–Kier alpha value is -2.24. The number of benzene rings is 2. The van der Waals surface area contributed by atoms with Gasteiger partial charge in [0.25, 0.3) is 5.91 Å². The highest BCUT2D eigenvalue weighted by molar-refractivity contribution is 6.31. The fraction of sp³-hybridized carbons (Fsp3) is 0.458. The SMILES string of the molecule is CN1CCOc2c(C(=O)NCCC3CCN(Cc4ccccc4)CC3)cc(Cl)cc21. The summed E-state index contributed by atoms with van der Waals surface area (Å²) in [6, 6.07) is 14.2. The maximum Gasteiger partial charge on any atom is 0.255 e. The standard InChI is InChI=1S/C24H30ClN3O2/c1-27-13-14-30-23-21(15-20(25)16-22(23)27)24(29)26-10-7-18-8-11-28(12-9-18)17-19-5-3-2-4-6-19/h2-6,15-16,18H,7-14,17H2,1H3,(H,26,29). The molecule has 0 aliphatic carbocycles. The van der Waals surface area contributed by atoms with Gasteiger partial charge in [0.15, 0.2) is 5.75 Å². The smallest absolute Gasteiger partial charge is 0.255 e. The number of hydrogen-bond acceptors (Lipinski definition) is 4. The average Bonchev–Trinajstić information content (AvgIpc) is 2.76. The molecule has 30 heavy (non-hydrogen) atoms. The average molecular weight is 428 g/mol. The van der Waals surface area contributed by atoms with Crippen molar-refractivity contribution in [3.05, 3.63) is 58.6 Å². The van der Waals surface area contributed by atoms with Crippen LogP contribution in [-0.4, -0.2) is 50.6 Å². The fourth-order valence-electron chi connectivity index (χ4n) is 4.35. The van der Waals surface area contributed by atoms with Gasteiger partial charge in [0.05, 0.1) is 17.8 Å². The largest absolute Gasteiger partial charge is 0.489 e. The number of piperidine rings is 1. The molecule has 2 aliphatic rings. The Kier molecular flexibility index (Phi) is 6.80. The number of rotatable bonds is 6. The molecule has 1 amide bonds. The van der Waals surface area contributed by atoms with E-state index in [-0.39, 0.29) is 5.91 Å². The molecule has 1 saturated heterocycles. The van der Waals surface area contributed by atoms with E-state index in [1.165, 1.54) is 18.4 Å². The zero-order chi connectivity index (χ0) is 20.9. The van der Waals surface area contributed by atoms with Crippen molar-refractivity contribution in [3.63, 3.8) is 0 Å². The van der Waals surface area contributed by atoms with Gasteiger partial charge in [0.2, 0.25) is 0 Å². The lowest BCUT2D eigenvalue weighted by atomic mass is 9.93. The van der Waals surface area contributed by atoms with Crippen LogP contribution in [0.4, 0.5) is 5.69 Å². The lowest BCUT2D eigenvalue weighted by Crippen LogP contribution is -2.35. The van der Waals surface area contributed by atoms with Gasteiger partial charge in [0.1, 0.15) is 6.61 Å². The number of likely N-dealkylation sites (tertiary alicyclic amines) is 1. The molecule has 0 aromatic heterocycles. The Morgan fingerprint density at radius 3 is 2.70 bits per heavy atom. The molecular weight excluding hydrogens is 398 g/mol. The van der Waals surface area contributed by atoms with Crippen LogP contribution in [0.3, 0.4) is 0 Å². The lowest BCUT2D eigenvalue weighted by molar-refractivity contribution is 0.0943. The van der Waals surface area contributed by atoms with Crippen molar-refractivity contribution < 1.29 is 9.53 Å². The van der Waals surface area contributed by atoms with Crippen molar-refractivity contribution in [2.45, 2.75) is 25.8 Å². The highest BCUT2D eigenvalue weighted by Gasteiger charge is 2.24. The number of amides is 1. The first-order valence-corrected chi connectivity index (χ1v) is 11.2. The summed E-state index contributed by atoms with van der Waals surface area (Å²) in [5.41, 5.74) is 2.78. The first-order valence-electron chi connectivity index (χ1n) is 10.8. The van der Waals surface area contributed by atoms with Crippen LogP contribution in [0.25, 0.3) is 0 Å². The lowest BCUT2D eigenvalue weighted by Gasteiger charge is -2.32. The van der Waals surface area contributed by atoms with Crippen LogP contribution in [0.15, 0.2) is 42.5 Å². The van der Waals surface area contributed by atoms with Gasteiger partial charge in [-0.15, -0.1) is 0 Å². The second kappa shape index (κ2) is 9.71. The summed E-state index contributed by atoms with van der Waals surface area (Å²) in [5, 5.41) is 3.64. The third-order valence-electron chi connectivity index (χ3n) is 6.16. The maximum atomic E-state index is 12.8. The second-order valence-electron chi connectivity index (χ2n) is 8.32. The van der Waals surface area contributed by atoms with Crippen LogP contribution in [0, 0.1) is 5.92 Å². The molecule has 2 heterocycles. The van der Waals surface area contributed by atoms with Crippen LogP contribution in [0.1, 0.15) is 35.2 Å². The summed E-state index contributed by atoms with van der Waals surface area (Å²) in [7, 11) is 1.99. The van der Waals surface area contributed by atoms with E-state index in [9.17, 15) is 4.79 Å². The Morgan fingerprint density at radius 1 is 1.17 bits per heavy atom. The van der Waals surface area contributed by atoms with E-state index in [1.54, 1.807) is 6.07 Å². The number of hydrogen-bond donors (Lipinski definition) is 1. The Labute approximate surface area is 184 Å². The van der Waals surface area contributed by atoms with Crippen molar-refractivity contribution in [3.8, 4) is 5.75 Å². The number of anilines is 1. The Balaban J connectivity index is 1.25. The van der Waals surface area contributed by atoms with Gasteiger partial charge < -0.3 is 15.0 Å². The number of carbonyl (C=O) groups is 1. The number of halogens is 1. The van der Waals surface area contributed by atoms with Crippen molar-refractivity contribution >= 4 is 23.2 Å². The molecule has 0 saturated carbocycles. The Morgan fingerprint density at radius 2 is 1.93 bits per heavy atom. The van der Waals surface area contributed by atoms with Crippen LogP contribution in [0.2, 0.25) is 5.02 Å². The number of fused-ring (bicyclic) bond motifs is 1. The quantitative estimate of drug-likeness (QED) is 0.750. The zero-order valence-electron chi connectivity index (χ0n) is 17.6. The van der Waals surface area contributed by atoms with Gasteiger partial charge in [-0.2, -0.15) is 0 Å². The molecule has 0 bridgehead atoms. The highest BCUT2D eigenvalue weighted by atomic mass is 35.5. The number of likely N-dealkylation sites (N-methyl/N-ethyl adjacent to an activating group) is 1. The van der Waals surface area contributed by atoms with Crippen LogP contribution in [-0.2, 0) is 6.54 Å². The van der Waals surface area contributed by atoms with Gasteiger partial charge >= 0.3 is 0 Å². The highest BCUT2D eigenvalue weighted by Crippen LogP contribution is 2.37. The molecule has 4 rings (SSSR count). The molecule has 5 nitrogen and oxygen atoms in total. The minimum absolute atomic E-state index is 0.106. The normalized spacial score (nSPS) is 17.3. The van der Waals surface area contributed by atoms with Crippen molar-refractivity contribution in [2.24, 2.45) is 5.92 Å². The van der Waals surface area contributed by atoms with Gasteiger partial charge in [-0.1, -0.05) is 41.9 Å². The van der Waals surface area contributed by atoms with E-state index in [0.29, 0.717) is 35.4 Å². The maximum absolute atomic E-state index is 12.8. The summed E-state index contributed by atoms with van der Waals surface area (Å²) < 4.78 is 5.79. The van der Waals surface area contributed by atoms with Gasteiger partial charge in [0, 0.05) is 25.2 Å². The first-order chi connectivity index (χ1) is 14.6. The predicted molar refractivity (Wildman–Crippen MR) is 122 cm³/mol. The van der Waals surface area contributed by atoms with E-state index in [0.717, 1.165) is 38.3 Å². The molecule has 2 aliphatic heterocycles. The molecule has 0 radical (unpaired) electrons. The monoisotopic (exact) mass is 427 g/mol. The van der Waals surface area contributed by atoms with E-state index >= 15 is 0 Å². The summed E-state index contributed by atoms with van der Waals surface area (Å²) in [5.74, 6) is 1.19. The number of carbonyl (C=O) groups excluding carboxylic acids is 1. The number of nitrogens with one attached hydrogen (secondary N) is 1. The predicted octanol–water partition coefficient (Wildman–Crippen LogP) is 4.20. The first kappa shape index (κ1) is 21.0. The van der Waals surface area contributed by atoms with Crippen LogP contribution in [0.5, 0.6) is 5.75 Å². The summed E-state index contributed by atoms with van der Waals surface area (Å²) >= 11 is 6.25. The molecule has 160 valence electrons. The van der Waals surface area contributed by atoms with Gasteiger partial charge in [-0.3, -0.25) is 9.69 Å². The van der Waals surface area contributed by atoms with Crippen LogP contribution >= 0.6 is 11.6 Å². The molecule has 2 aromatic carbocycles. The van der Waals surface area contributed by atoms with E-state index in [2.05, 4.69) is 45.4 Å². The van der Waals surface area contributed by atoms with Crippen molar-refractivity contribution in [2.75, 3.05) is 44.7 Å². The third kappa shape index (κ3) is 5.08. The molecule has 0 spiro atoms. The molecule has 1 N–H and O–H groups in total. The summed E-state index contributed by atoms with van der Waals surface area (Å²) in [4.78, 5) is 17.4. The second-order valence-corrected chi connectivity index (χ2v) is 8.76. The molecule has 0 atom stereocenters. The van der Waals surface area contributed by atoms with Crippen molar-refractivity contribution in [1.29, 1.82) is 0 Å².